The van der Waals surface area contributed by atoms with Gasteiger partial charge in [-0.3, -0.25) is 0 Å². The molecule has 0 radical (unpaired) electrons. The van der Waals surface area contributed by atoms with Crippen molar-refractivity contribution in [1.29, 1.82) is 0 Å². The van der Waals surface area contributed by atoms with E-state index >= 15 is 0 Å². The lowest BCUT2D eigenvalue weighted by molar-refractivity contribution is 0.480. The molecule has 0 saturated carbocycles. The van der Waals surface area contributed by atoms with Gasteiger partial charge in [-0.25, -0.2) is 9.97 Å². The van der Waals surface area contributed by atoms with Crippen LogP contribution in [0.5, 0.6) is 0 Å². The highest BCUT2D eigenvalue weighted by molar-refractivity contribution is 4.97. The third-order valence-corrected chi connectivity index (χ3v) is 1.78. The zero-order valence-electron chi connectivity index (χ0n) is 7.68. The molecule has 0 unspecified atom stereocenters. The van der Waals surface area contributed by atoms with Crippen LogP contribution in [0.2, 0.25) is 0 Å². The first-order valence-corrected chi connectivity index (χ1v) is 4.44. The lowest BCUT2D eigenvalue weighted by atomic mass is 10.4. The molecule has 0 aliphatic heterocycles. The van der Waals surface area contributed by atoms with E-state index in [9.17, 15) is 0 Å². The molecule has 2 heterocycles. The van der Waals surface area contributed by atoms with Crippen LogP contribution in [0, 0.1) is 0 Å². The maximum absolute atomic E-state index is 5.17. The van der Waals surface area contributed by atoms with Gasteiger partial charge >= 0.3 is 0 Å². The minimum absolute atomic E-state index is 0.654. The predicted octanol–water partition coefficient (Wildman–Crippen LogP) is 1.36. The maximum Gasteiger partial charge on any atom is 0.141 e. The van der Waals surface area contributed by atoms with Crippen molar-refractivity contribution in [1.82, 2.24) is 15.3 Å². The summed E-state index contributed by atoms with van der Waals surface area (Å²) < 4.78 is 5.17. The third kappa shape index (κ3) is 2.40. The molecule has 4 heteroatoms. The monoisotopic (exact) mass is 189 g/mol. The molecule has 0 saturated heterocycles. The Labute approximate surface area is 82.0 Å². The molecule has 4 nitrogen and oxygen atoms in total. The zero-order valence-corrected chi connectivity index (χ0v) is 7.68. The topological polar surface area (TPSA) is 51.0 Å². The Bertz CT molecular complexity index is 358. The minimum Gasteiger partial charge on any atom is -0.468 e. The standard InChI is InChI=1S/C10H11N3O/c1-3-9(14-6-1)7-11-8-10-12-4-2-5-13-10/h1-6,11H,7-8H2. The van der Waals surface area contributed by atoms with E-state index in [-0.39, 0.29) is 0 Å². The first kappa shape index (κ1) is 8.90. The van der Waals surface area contributed by atoms with E-state index in [1.807, 2.05) is 12.1 Å². The van der Waals surface area contributed by atoms with Gasteiger partial charge in [-0.15, -0.1) is 0 Å². The second-order valence-electron chi connectivity index (χ2n) is 2.85. The summed E-state index contributed by atoms with van der Waals surface area (Å²) in [6, 6.07) is 5.60. The third-order valence-electron chi connectivity index (χ3n) is 1.78. The van der Waals surface area contributed by atoms with Gasteiger partial charge in [0.1, 0.15) is 11.6 Å². The maximum atomic E-state index is 5.17. The van der Waals surface area contributed by atoms with E-state index in [4.69, 9.17) is 4.42 Å². The number of furan rings is 1. The van der Waals surface area contributed by atoms with Gasteiger partial charge in [0, 0.05) is 12.4 Å². The van der Waals surface area contributed by atoms with Crippen LogP contribution >= 0.6 is 0 Å². The van der Waals surface area contributed by atoms with Crippen LogP contribution in [0.25, 0.3) is 0 Å². The molecule has 0 bridgehead atoms. The summed E-state index contributed by atoms with van der Waals surface area (Å²) in [6.45, 7) is 1.35. The second-order valence-corrected chi connectivity index (χ2v) is 2.85. The molecule has 72 valence electrons. The molecule has 0 amide bonds. The van der Waals surface area contributed by atoms with Crippen LogP contribution in [0.15, 0.2) is 41.3 Å². The molecular formula is C10H11N3O. The van der Waals surface area contributed by atoms with Gasteiger partial charge in [0.2, 0.25) is 0 Å². The van der Waals surface area contributed by atoms with E-state index in [1.165, 1.54) is 0 Å². The number of hydrogen-bond donors (Lipinski definition) is 1. The Morgan fingerprint density at radius 3 is 2.71 bits per heavy atom. The van der Waals surface area contributed by atoms with Gasteiger partial charge < -0.3 is 9.73 Å². The molecule has 0 aliphatic rings. The molecular weight excluding hydrogens is 178 g/mol. The van der Waals surface area contributed by atoms with Crippen molar-refractivity contribution in [3.63, 3.8) is 0 Å². The van der Waals surface area contributed by atoms with Crippen LogP contribution in [0.1, 0.15) is 11.6 Å². The fraction of sp³-hybridized carbons (Fsp3) is 0.200. The molecule has 2 aromatic rings. The van der Waals surface area contributed by atoms with Crippen molar-refractivity contribution >= 4 is 0 Å². The van der Waals surface area contributed by atoms with E-state index in [2.05, 4.69) is 15.3 Å². The normalized spacial score (nSPS) is 10.3. The smallest absolute Gasteiger partial charge is 0.141 e. The van der Waals surface area contributed by atoms with Crippen LogP contribution in [-0.2, 0) is 13.1 Å². The summed E-state index contributed by atoms with van der Waals surface area (Å²) >= 11 is 0. The van der Waals surface area contributed by atoms with Crippen molar-refractivity contribution in [2.75, 3.05) is 0 Å². The first-order valence-electron chi connectivity index (χ1n) is 4.44. The Kier molecular flexibility index (Phi) is 2.88. The number of nitrogens with zero attached hydrogens (tertiary/aromatic N) is 2. The minimum atomic E-state index is 0.654. The average molecular weight is 189 g/mol. The molecule has 0 spiro atoms. The molecule has 1 N–H and O–H groups in total. The Morgan fingerprint density at radius 1 is 1.14 bits per heavy atom. The van der Waals surface area contributed by atoms with Gasteiger partial charge in [-0.1, -0.05) is 0 Å². The Morgan fingerprint density at radius 2 is 2.00 bits per heavy atom. The van der Waals surface area contributed by atoms with Crippen LogP contribution in [0.3, 0.4) is 0 Å². The van der Waals surface area contributed by atoms with Crippen molar-refractivity contribution in [2.45, 2.75) is 13.1 Å². The SMILES string of the molecule is c1cnc(CNCc2ccco2)nc1. The van der Waals surface area contributed by atoms with Gasteiger partial charge in [0.05, 0.1) is 19.4 Å². The van der Waals surface area contributed by atoms with Gasteiger partial charge in [0.25, 0.3) is 0 Å². The molecule has 14 heavy (non-hydrogen) atoms. The van der Waals surface area contributed by atoms with Crippen molar-refractivity contribution in [2.24, 2.45) is 0 Å². The lowest BCUT2D eigenvalue weighted by Crippen LogP contribution is -2.14. The van der Waals surface area contributed by atoms with E-state index in [0.29, 0.717) is 13.1 Å². The fourth-order valence-corrected chi connectivity index (χ4v) is 1.13. The first-order chi connectivity index (χ1) is 6.95. The number of rotatable bonds is 4. The molecule has 0 atom stereocenters. The summed E-state index contributed by atoms with van der Waals surface area (Å²) in [5, 5.41) is 3.19. The molecule has 2 aromatic heterocycles. The summed E-state index contributed by atoms with van der Waals surface area (Å²) in [6.07, 6.45) is 5.13. The van der Waals surface area contributed by atoms with Gasteiger partial charge in [-0.05, 0) is 18.2 Å². The summed E-state index contributed by atoms with van der Waals surface area (Å²) in [7, 11) is 0. The van der Waals surface area contributed by atoms with Crippen LogP contribution in [0.4, 0.5) is 0 Å². The highest BCUT2D eigenvalue weighted by Gasteiger charge is 1.96. The second kappa shape index (κ2) is 4.53. The van der Waals surface area contributed by atoms with Crippen molar-refractivity contribution < 1.29 is 4.42 Å². The molecule has 0 aromatic carbocycles. The molecule has 0 fully saturated rings. The fourth-order valence-electron chi connectivity index (χ4n) is 1.13. The van der Waals surface area contributed by atoms with Crippen molar-refractivity contribution in [3.8, 4) is 0 Å². The number of aromatic nitrogens is 2. The van der Waals surface area contributed by atoms with E-state index in [1.54, 1.807) is 24.7 Å². The van der Waals surface area contributed by atoms with Crippen molar-refractivity contribution in [3.05, 3.63) is 48.4 Å². The lowest BCUT2D eigenvalue weighted by Gasteiger charge is -2.00. The largest absolute Gasteiger partial charge is 0.468 e. The quantitative estimate of drug-likeness (QED) is 0.789. The number of hydrogen-bond acceptors (Lipinski definition) is 4. The van der Waals surface area contributed by atoms with Gasteiger partial charge in [0.15, 0.2) is 0 Å². The van der Waals surface area contributed by atoms with E-state index < -0.39 is 0 Å². The van der Waals surface area contributed by atoms with Crippen LogP contribution < -0.4 is 5.32 Å². The Balaban J connectivity index is 1.79. The van der Waals surface area contributed by atoms with Gasteiger partial charge in [-0.2, -0.15) is 0 Å². The molecule has 2 rings (SSSR count). The summed E-state index contributed by atoms with van der Waals surface area (Å²) in [5.41, 5.74) is 0. The van der Waals surface area contributed by atoms with E-state index in [0.717, 1.165) is 11.6 Å². The van der Waals surface area contributed by atoms with Crippen LogP contribution in [-0.4, -0.2) is 9.97 Å². The molecule has 0 aliphatic carbocycles. The highest BCUT2D eigenvalue weighted by Crippen LogP contribution is 1.98. The summed E-state index contributed by atoms with van der Waals surface area (Å²) in [5.74, 6) is 1.71. The highest BCUT2D eigenvalue weighted by atomic mass is 16.3. The average Bonchev–Trinajstić information content (AvgIpc) is 2.72. The Hall–Kier alpha value is -1.68. The zero-order chi connectivity index (χ0) is 9.64. The summed E-state index contributed by atoms with van der Waals surface area (Å²) in [4.78, 5) is 8.19. The predicted molar refractivity (Wildman–Crippen MR) is 51.3 cm³/mol. The number of nitrogens with one attached hydrogen (secondary N) is 1.